The first-order chi connectivity index (χ1) is 5.00. The average Bonchev–Trinajstić information content (AvgIpc) is 2.00. The van der Waals surface area contributed by atoms with E-state index in [2.05, 4.69) is 22.5 Å². The van der Waals surface area contributed by atoms with Gasteiger partial charge in [0.05, 0.1) is 10.2 Å². The van der Waals surface area contributed by atoms with Gasteiger partial charge in [-0.2, -0.15) is 0 Å². The molecule has 0 amide bonds. The van der Waals surface area contributed by atoms with Crippen LogP contribution in [0.4, 0.5) is 4.39 Å². The van der Waals surface area contributed by atoms with E-state index in [1.165, 1.54) is 6.08 Å². The Balaban J connectivity index is 4.81. The van der Waals surface area contributed by atoms with E-state index < -0.39 is 5.83 Å². The van der Waals surface area contributed by atoms with Gasteiger partial charge in [-0.1, -0.05) is 6.58 Å². The molecule has 0 unspecified atom stereocenters. The fourth-order valence-electron chi connectivity index (χ4n) is 0.384. The summed E-state index contributed by atoms with van der Waals surface area (Å²) in [6.07, 6.45) is 1.39. The molecule has 0 rings (SSSR count). The van der Waals surface area contributed by atoms with E-state index >= 15 is 0 Å². The van der Waals surface area contributed by atoms with E-state index in [0.29, 0.717) is 0 Å². The summed E-state index contributed by atoms with van der Waals surface area (Å²) in [5.41, 5.74) is 5.00. The highest BCUT2D eigenvalue weighted by Crippen LogP contribution is 2.20. The van der Waals surface area contributed by atoms with Gasteiger partial charge in [0.15, 0.2) is 0 Å². The van der Waals surface area contributed by atoms with Crippen molar-refractivity contribution in [2.75, 3.05) is 0 Å². The Hall–Kier alpha value is -0.770. The van der Waals surface area contributed by atoms with E-state index in [4.69, 9.17) is 10.8 Å². The minimum absolute atomic E-state index is 0.110. The number of nitrogens with two attached hydrogens (primary N) is 1. The van der Waals surface area contributed by atoms with Gasteiger partial charge in [0, 0.05) is 0 Å². The predicted molar refractivity (Wildman–Crippen MR) is 46.8 cm³/mol. The van der Waals surface area contributed by atoms with E-state index in [1.54, 1.807) is 6.92 Å². The molecule has 0 aliphatic heterocycles. The van der Waals surface area contributed by atoms with Crippen LogP contribution in [0.3, 0.4) is 0 Å². The van der Waals surface area contributed by atoms with Crippen LogP contribution in [0.25, 0.3) is 0 Å². The summed E-state index contributed by atoms with van der Waals surface area (Å²) < 4.78 is 12.4. The van der Waals surface area contributed by atoms with Gasteiger partial charge >= 0.3 is 0 Å². The summed E-state index contributed by atoms with van der Waals surface area (Å²) in [6.45, 7) is 4.58. The van der Waals surface area contributed by atoms with E-state index in [9.17, 15) is 4.39 Å². The highest BCUT2D eigenvalue weighted by atomic mass is 79.9. The smallest absolute Gasteiger partial charge is 0.140 e. The number of rotatable bonds is 2. The van der Waals surface area contributed by atoms with Crippen LogP contribution in [-0.4, -0.2) is 5.11 Å². The summed E-state index contributed by atoms with van der Waals surface area (Å²) in [7, 11) is 0. The zero-order valence-corrected chi connectivity index (χ0v) is 7.65. The fraction of sp³-hybridized carbons (Fsp3) is 0.143. The van der Waals surface area contributed by atoms with Crippen molar-refractivity contribution in [2.24, 2.45) is 5.73 Å². The van der Waals surface area contributed by atoms with Gasteiger partial charge in [0.25, 0.3) is 0 Å². The Morgan fingerprint density at radius 1 is 1.73 bits per heavy atom. The van der Waals surface area contributed by atoms with Crippen molar-refractivity contribution in [3.63, 3.8) is 0 Å². The molecular formula is C7H9BrFNO. The minimum atomic E-state index is -0.773. The van der Waals surface area contributed by atoms with Crippen LogP contribution >= 0.6 is 15.9 Å². The molecule has 0 saturated heterocycles. The topological polar surface area (TPSA) is 46.2 Å². The lowest BCUT2D eigenvalue weighted by molar-refractivity contribution is 0.428. The van der Waals surface area contributed by atoms with E-state index in [-0.39, 0.29) is 15.9 Å². The molecule has 0 fully saturated rings. The summed E-state index contributed by atoms with van der Waals surface area (Å²) in [4.78, 5) is 0. The van der Waals surface area contributed by atoms with Crippen LogP contribution in [0, 0.1) is 0 Å². The number of allylic oxidation sites excluding steroid dienone is 3. The molecule has 62 valence electrons. The van der Waals surface area contributed by atoms with Crippen molar-refractivity contribution in [3.8, 4) is 0 Å². The second-order valence-corrected chi connectivity index (χ2v) is 2.60. The summed E-state index contributed by atoms with van der Waals surface area (Å²) in [6, 6.07) is 0. The zero-order chi connectivity index (χ0) is 9.02. The standard InChI is InChI=1S/C7H9BrFNO/c1-3-5(11)6(8)7(10)4(2)9/h3,11H,2,10H2,1H3/b5-3+,7-6-. The van der Waals surface area contributed by atoms with E-state index in [0.717, 1.165) is 0 Å². The molecule has 0 aliphatic rings. The third-order valence-electron chi connectivity index (χ3n) is 1.03. The molecule has 11 heavy (non-hydrogen) atoms. The molecule has 0 aliphatic carbocycles. The van der Waals surface area contributed by atoms with Gasteiger partial charge < -0.3 is 10.8 Å². The number of hydrogen-bond donors (Lipinski definition) is 2. The van der Waals surface area contributed by atoms with Gasteiger partial charge in [-0.3, -0.25) is 0 Å². The fourth-order valence-corrected chi connectivity index (χ4v) is 0.828. The molecule has 4 heteroatoms. The first-order valence-electron chi connectivity index (χ1n) is 2.86. The van der Waals surface area contributed by atoms with Crippen LogP contribution in [-0.2, 0) is 0 Å². The molecule has 3 N–H and O–H groups in total. The lowest BCUT2D eigenvalue weighted by atomic mass is 10.3. The number of halogens is 2. The lowest BCUT2D eigenvalue weighted by Gasteiger charge is -2.01. The Bertz CT molecular complexity index is 233. The molecule has 0 aromatic rings. The molecule has 0 heterocycles. The Morgan fingerprint density at radius 2 is 2.18 bits per heavy atom. The lowest BCUT2D eigenvalue weighted by Crippen LogP contribution is -2.00. The SMILES string of the molecule is C=C(F)/C(N)=C(Br)\C(O)=C/C. The molecular weight excluding hydrogens is 213 g/mol. The highest BCUT2D eigenvalue weighted by Gasteiger charge is 2.06. The maximum atomic E-state index is 12.3. The Morgan fingerprint density at radius 3 is 2.45 bits per heavy atom. The van der Waals surface area contributed by atoms with Gasteiger partial charge in [0.2, 0.25) is 0 Å². The largest absolute Gasteiger partial charge is 0.507 e. The molecule has 0 aromatic carbocycles. The van der Waals surface area contributed by atoms with Crippen molar-refractivity contribution in [2.45, 2.75) is 6.92 Å². The number of aliphatic hydroxyl groups excluding tert-OH is 1. The number of aliphatic hydroxyl groups is 1. The predicted octanol–water partition coefficient (Wildman–Crippen LogP) is 2.50. The summed E-state index contributed by atoms with van der Waals surface area (Å²) >= 11 is 2.90. The second kappa shape index (κ2) is 4.18. The van der Waals surface area contributed by atoms with Crippen LogP contribution in [0.2, 0.25) is 0 Å². The van der Waals surface area contributed by atoms with Crippen molar-refractivity contribution in [1.29, 1.82) is 0 Å². The van der Waals surface area contributed by atoms with Crippen molar-refractivity contribution in [1.82, 2.24) is 0 Å². The van der Waals surface area contributed by atoms with Gasteiger partial charge in [-0.15, -0.1) is 0 Å². The first-order valence-corrected chi connectivity index (χ1v) is 3.65. The first kappa shape index (κ1) is 10.2. The van der Waals surface area contributed by atoms with Crippen LogP contribution in [0.15, 0.2) is 34.4 Å². The Kier molecular flexibility index (Phi) is 3.89. The van der Waals surface area contributed by atoms with Gasteiger partial charge in [-0.05, 0) is 28.9 Å². The van der Waals surface area contributed by atoms with Crippen LogP contribution < -0.4 is 5.73 Å². The third kappa shape index (κ3) is 2.76. The maximum Gasteiger partial charge on any atom is 0.140 e. The quantitative estimate of drug-likeness (QED) is 0.556. The molecule has 0 aromatic heterocycles. The molecule has 0 atom stereocenters. The normalized spacial score (nSPS) is 14.3. The molecule has 0 bridgehead atoms. The second-order valence-electron chi connectivity index (χ2n) is 1.81. The zero-order valence-electron chi connectivity index (χ0n) is 6.06. The minimum Gasteiger partial charge on any atom is -0.507 e. The monoisotopic (exact) mass is 221 g/mol. The van der Waals surface area contributed by atoms with Crippen molar-refractivity contribution >= 4 is 15.9 Å². The van der Waals surface area contributed by atoms with E-state index in [1.807, 2.05) is 0 Å². The Labute approximate surface area is 73.0 Å². The summed E-state index contributed by atoms with van der Waals surface area (Å²) in [5, 5.41) is 9.01. The van der Waals surface area contributed by atoms with Gasteiger partial charge in [-0.25, -0.2) is 4.39 Å². The molecule has 0 saturated carbocycles. The molecule has 0 spiro atoms. The van der Waals surface area contributed by atoms with Crippen LogP contribution in [0.5, 0.6) is 0 Å². The van der Waals surface area contributed by atoms with Crippen LogP contribution in [0.1, 0.15) is 6.92 Å². The van der Waals surface area contributed by atoms with Gasteiger partial charge in [0.1, 0.15) is 11.6 Å². The third-order valence-corrected chi connectivity index (χ3v) is 1.86. The molecule has 0 radical (unpaired) electrons. The number of hydrogen-bond acceptors (Lipinski definition) is 2. The van der Waals surface area contributed by atoms with Crippen molar-refractivity contribution in [3.05, 3.63) is 34.4 Å². The highest BCUT2D eigenvalue weighted by molar-refractivity contribution is 9.12. The van der Waals surface area contributed by atoms with Crippen molar-refractivity contribution < 1.29 is 9.50 Å². The average molecular weight is 222 g/mol. The maximum absolute atomic E-state index is 12.3. The molecule has 2 nitrogen and oxygen atoms in total. The summed E-state index contributed by atoms with van der Waals surface area (Å²) in [5.74, 6) is -0.883.